The minimum Gasteiger partial charge on any atom is -0.459 e. The van der Waals surface area contributed by atoms with E-state index in [4.69, 9.17) is 4.42 Å². The highest BCUT2D eigenvalue weighted by Gasteiger charge is 2.35. The van der Waals surface area contributed by atoms with Crippen LogP contribution in [0.25, 0.3) is 22.0 Å². The molecule has 31 heavy (non-hydrogen) atoms. The van der Waals surface area contributed by atoms with Crippen LogP contribution in [-0.2, 0) is 11.8 Å². The van der Waals surface area contributed by atoms with E-state index in [1.54, 1.807) is 28.9 Å². The number of aromatic nitrogens is 2. The van der Waals surface area contributed by atoms with Gasteiger partial charge in [-0.25, -0.2) is 0 Å². The van der Waals surface area contributed by atoms with Crippen LogP contribution in [0, 0.1) is 0 Å². The molecule has 1 atom stereocenters. The molecule has 0 fully saturated rings. The SMILES string of the molecule is CC(=O)N1c2ccc(-c3ccc4c(cnn4C)c3)cc2N(C(=O)c2ccco2)C[C@@H]1C. The Morgan fingerprint density at radius 3 is 2.58 bits per heavy atom. The third-order valence-electron chi connectivity index (χ3n) is 5.81. The molecule has 0 unspecified atom stereocenters. The first-order valence-corrected chi connectivity index (χ1v) is 10.2. The van der Waals surface area contributed by atoms with Crippen molar-refractivity contribution in [3.05, 3.63) is 66.8 Å². The van der Waals surface area contributed by atoms with Crippen molar-refractivity contribution in [1.29, 1.82) is 0 Å². The number of hydrogen-bond acceptors (Lipinski definition) is 4. The monoisotopic (exact) mass is 414 g/mol. The Morgan fingerprint density at radius 1 is 1.06 bits per heavy atom. The first-order valence-electron chi connectivity index (χ1n) is 10.2. The predicted octanol–water partition coefficient (Wildman–Crippen LogP) is 4.24. The number of rotatable bonds is 2. The van der Waals surface area contributed by atoms with E-state index < -0.39 is 0 Å². The molecule has 7 nitrogen and oxygen atoms in total. The van der Waals surface area contributed by atoms with Crippen molar-refractivity contribution >= 4 is 34.1 Å². The zero-order valence-electron chi connectivity index (χ0n) is 17.6. The number of benzene rings is 2. The Morgan fingerprint density at radius 2 is 1.84 bits per heavy atom. The lowest BCUT2D eigenvalue weighted by Crippen LogP contribution is -2.51. The Kier molecular flexibility index (Phi) is 4.39. The molecule has 0 spiro atoms. The van der Waals surface area contributed by atoms with E-state index in [9.17, 15) is 9.59 Å². The van der Waals surface area contributed by atoms with Gasteiger partial charge in [0.1, 0.15) is 0 Å². The van der Waals surface area contributed by atoms with E-state index in [1.165, 1.54) is 6.26 Å². The molecule has 5 rings (SSSR count). The third-order valence-corrected chi connectivity index (χ3v) is 5.81. The maximum Gasteiger partial charge on any atom is 0.294 e. The maximum atomic E-state index is 13.2. The van der Waals surface area contributed by atoms with Crippen molar-refractivity contribution < 1.29 is 14.0 Å². The van der Waals surface area contributed by atoms with Crippen molar-refractivity contribution in [2.45, 2.75) is 19.9 Å². The summed E-state index contributed by atoms with van der Waals surface area (Å²) in [6.07, 6.45) is 3.33. The third kappa shape index (κ3) is 3.09. The molecule has 0 saturated carbocycles. The molecule has 0 N–H and O–H groups in total. The summed E-state index contributed by atoms with van der Waals surface area (Å²) in [5, 5.41) is 5.35. The average Bonchev–Trinajstić information content (AvgIpc) is 3.42. The van der Waals surface area contributed by atoms with Crippen molar-refractivity contribution in [1.82, 2.24) is 9.78 Å². The number of carbonyl (C=O) groups excluding carboxylic acids is 2. The van der Waals surface area contributed by atoms with Crippen molar-refractivity contribution in [2.24, 2.45) is 7.05 Å². The van der Waals surface area contributed by atoms with Crippen LogP contribution in [0.3, 0.4) is 0 Å². The number of carbonyl (C=O) groups is 2. The van der Waals surface area contributed by atoms with Crippen molar-refractivity contribution in [3.63, 3.8) is 0 Å². The Balaban J connectivity index is 1.64. The highest BCUT2D eigenvalue weighted by atomic mass is 16.3. The molecule has 4 aromatic rings. The summed E-state index contributed by atoms with van der Waals surface area (Å²) < 4.78 is 7.19. The minimum absolute atomic E-state index is 0.0524. The summed E-state index contributed by atoms with van der Waals surface area (Å²) in [6, 6.07) is 15.2. The molecule has 2 aromatic carbocycles. The molecular formula is C24H22N4O3. The zero-order chi connectivity index (χ0) is 21.7. The maximum absolute atomic E-state index is 13.2. The van der Waals surface area contributed by atoms with Gasteiger partial charge in [0, 0.05) is 25.9 Å². The highest BCUT2D eigenvalue weighted by Crippen LogP contribution is 2.40. The van der Waals surface area contributed by atoms with E-state index in [-0.39, 0.29) is 23.6 Å². The number of nitrogens with zero attached hydrogens (tertiary/aromatic N) is 4. The molecule has 0 aliphatic carbocycles. The normalized spacial score (nSPS) is 15.9. The Labute approximate surface area is 179 Å². The number of fused-ring (bicyclic) bond motifs is 2. The first-order chi connectivity index (χ1) is 14.9. The van der Waals surface area contributed by atoms with Crippen LogP contribution in [0.1, 0.15) is 24.4 Å². The molecule has 0 saturated heterocycles. The molecule has 1 aliphatic rings. The van der Waals surface area contributed by atoms with Crippen LogP contribution >= 0.6 is 0 Å². The Hall–Kier alpha value is -3.87. The average molecular weight is 414 g/mol. The van der Waals surface area contributed by atoms with Crippen LogP contribution in [0.2, 0.25) is 0 Å². The predicted molar refractivity (Wildman–Crippen MR) is 119 cm³/mol. The molecular weight excluding hydrogens is 392 g/mol. The zero-order valence-corrected chi connectivity index (χ0v) is 17.6. The molecule has 7 heteroatoms. The number of anilines is 2. The lowest BCUT2D eigenvalue weighted by molar-refractivity contribution is -0.117. The van der Waals surface area contributed by atoms with Gasteiger partial charge < -0.3 is 14.2 Å². The van der Waals surface area contributed by atoms with E-state index in [0.717, 1.165) is 27.7 Å². The van der Waals surface area contributed by atoms with Gasteiger partial charge in [-0.2, -0.15) is 5.10 Å². The standard InChI is InChI=1S/C24H22N4O3/c1-15-14-27(24(30)23-5-4-10-31-23)22-12-18(7-9-21(22)28(15)16(2)29)17-6-8-20-19(11-17)13-25-26(20)3/h4-13,15H,14H2,1-3H3/t15-/m0/s1. The second-order valence-electron chi connectivity index (χ2n) is 7.88. The quantitative estimate of drug-likeness (QED) is 0.492. The molecule has 3 heterocycles. The minimum atomic E-state index is -0.221. The second kappa shape index (κ2) is 7.12. The number of furan rings is 1. The number of amides is 2. The first kappa shape index (κ1) is 19.1. The lowest BCUT2D eigenvalue weighted by Gasteiger charge is -2.40. The highest BCUT2D eigenvalue weighted by molar-refractivity contribution is 6.10. The van der Waals surface area contributed by atoms with Gasteiger partial charge in [-0.15, -0.1) is 0 Å². The fourth-order valence-electron chi connectivity index (χ4n) is 4.35. The summed E-state index contributed by atoms with van der Waals surface area (Å²) in [7, 11) is 1.91. The van der Waals surface area contributed by atoms with Crippen molar-refractivity contribution in [3.8, 4) is 11.1 Å². The Bertz CT molecular complexity index is 1310. The van der Waals surface area contributed by atoms with Gasteiger partial charge in [0.2, 0.25) is 5.91 Å². The topological polar surface area (TPSA) is 71.6 Å². The second-order valence-corrected chi connectivity index (χ2v) is 7.88. The van der Waals surface area contributed by atoms with Crippen LogP contribution in [0.15, 0.2) is 65.4 Å². The van der Waals surface area contributed by atoms with Gasteiger partial charge in [0.15, 0.2) is 5.76 Å². The van der Waals surface area contributed by atoms with Gasteiger partial charge in [0.25, 0.3) is 5.91 Å². The summed E-state index contributed by atoms with van der Waals surface area (Å²) in [5.41, 5.74) is 4.44. The molecule has 2 aromatic heterocycles. The van der Waals surface area contributed by atoms with E-state index in [2.05, 4.69) is 11.2 Å². The fraction of sp³-hybridized carbons (Fsp3) is 0.208. The van der Waals surface area contributed by atoms with Crippen LogP contribution < -0.4 is 9.80 Å². The summed E-state index contributed by atoms with van der Waals surface area (Å²) in [5.74, 6) is 0.00106. The number of aryl methyl sites for hydroxylation is 1. The summed E-state index contributed by atoms with van der Waals surface area (Å²) >= 11 is 0. The van der Waals surface area contributed by atoms with E-state index in [0.29, 0.717) is 12.2 Å². The molecule has 156 valence electrons. The van der Waals surface area contributed by atoms with E-state index >= 15 is 0 Å². The van der Waals surface area contributed by atoms with Crippen LogP contribution in [0.5, 0.6) is 0 Å². The lowest BCUT2D eigenvalue weighted by atomic mass is 9.99. The van der Waals surface area contributed by atoms with Gasteiger partial charge in [-0.1, -0.05) is 12.1 Å². The van der Waals surface area contributed by atoms with Gasteiger partial charge in [-0.3, -0.25) is 14.3 Å². The fourth-order valence-corrected chi connectivity index (χ4v) is 4.35. The smallest absolute Gasteiger partial charge is 0.294 e. The van der Waals surface area contributed by atoms with Gasteiger partial charge >= 0.3 is 0 Å². The van der Waals surface area contributed by atoms with Crippen LogP contribution in [-0.4, -0.2) is 34.2 Å². The van der Waals surface area contributed by atoms with Crippen molar-refractivity contribution in [2.75, 3.05) is 16.3 Å². The van der Waals surface area contributed by atoms with Crippen LogP contribution in [0.4, 0.5) is 11.4 Å². The summed E-state index contributed by atoms with van der Waals surface area (Å²) in [6.45, 7) is 3.88. The molecule has 1 aliphatic heterocycles. The largest absolute Gasteiger partial charge is 0.459 e. The van der Waals surface area contributed by atoms with E-state index in [1.807, 2.05) is 55.2 Å². The molecule has 0 bridgehead atoms. The summed E-state index contributed by atoms with van der Waals surface area (Å²) in [4.78, 5) is 29.0. The van der Waals surface area contributed by atoms with Gasteiger partial charge in [-0.05, 0) is 54.4 Å². The number of hydrogen-bond donors (Lipinski definition) is 0. The molecule has 2 amide bonds. The van der Waals surface area contributed by atoms with Gasteiger partial charge in [0.05, 0.1) is 35.4 Å². The molecule has 0 radical (unpaired) electrons.